The second-order valence-electron chi connectivity index (χ2n) is 7.43. The molecule has 0 bridgehead atoms. The van der Waals surface area contributed by atoms with Crippen LogP contribution in [0.15, 0.2) is 24.3 Å². The van der Waals surface area contributed by atoms with E-state index in [1.165, 1.54) is 27.6 Å². The van der Waals surface area contributed by atoms with Crippen molar-refractivity contribution in [1.82, 2.24) is 5.32 Å². The number of thiophene rings is 2. The average Bonchev–Trinajstić information content (AvgIpc) is 3.25. The Kier molecular flexibility index (Phi) is 6.62. The van der Waals surface area contributed by atoms with Crippen LogP contribution in [0.1, 0.15) is 50.7 Å². The number of esters is 1. The number of thiocarbonyl (C=S) groups is 1. The molecule has 1 atom stereocenters. The number of carbonyl (C=O) groups is 2. The fraction of sp³-hybridized carbons (Fsp3) is 0.318. The minimum atomic E-state index is -0.378. The summed E-state index contributed by atoms with van der Waals surface area (Å²) in [6.45, 7) is 4.29. The largest absolute Gasteiger partial charge is 0.462 e. The van der Waals surface area contributed by atoms with Crippen molar-refractivity contribution in [3.63, 3.8) is 0 Å². The van der Waals surface area contributed by atoms with E-state index in [-0.39, 0.29) is 17.0 Å². The predicted molar refractivity (Wildman–Crippen MR) is 132 cm³/mol. The van der Waals surface area contributed by atoms with Crippen LogP contribution in [0.25, 0.3) is 10.1 Å². The Morgan fingerprint density at radius 2 is 2.06 bits per heavy atom. The zero-order valence-electron chi connectivity index (χ0n) is 17.0. The number of carbonyl (C=O) groups excluding carboxylic acids is 2. The maximum Gasteiger partial charge on any atom is 0.341 e. The zero-order chi connectivity index (χ0) is 22.1. The molecule has 0 unspecified atom stereocenters. The molecule has 2 N–H and O–H groups in total. The molecule has 31 heavy (non-hydrogen) atoms. The molecule has 0 spiro atoms. The first-order valence-electron chi connectivity index (χ1n) is 10.00. The molecule has 0 radical (unpaired) electrons. The van der Waals surface area contributed by atoms with E-state index in [0.717, 1.165) is 34.9 Å². The highest BCUT2D eigenvalue weighted by atomic mass is 35.5. The molecule has 1 aliphatic rings. The summed E-state index contributed by atoms with van der Waals surface area (Å²) >= 11 is 14.6. The van der Waals surface area contributed by atoms with Gasteiger partial charge in [-0.2, -0.15) is 0 Å². The van der Waals surface area contributed by atoms with Gasteiger partial charge in [0.05, 0.1) is 17.2 Å². The zero-order valence-corrected chi connectivity index (χ0v) is 20.2. The van der Waals surface area contributed by atoms with E-state index in [0.29, 0.717) is 33.0 Å². The van der Waals surface area contributed by atoms with Crippen molar-refractivity contribution in [2.75, 3.05) is 11.9 Å². The van der Waals surface area contributed by atoms with Gasteiger partial charge in [-0.15, -0.1) is 22.7 Å². The second-order valence-corrected chi connectivity index (χ2v) is 10.4. The van der Waals surface area contributed by atoms with Crippen LogP contribution in [0.5, 0.6) is 0 Å². The van der Waals surface area contributed by atoms with E-state index in [4.69, 9.17) is 28.6 Å². The highest BCUT2D eigenvalue weighted by Crippen LogP contribution is 2.40. The first-order chi connectivity index (χ1) is 14.9. The van der Waals surface area contributed by atoms with Crippen LogP contribution in [0.2, 0.25) is 5.02 Å². The van der Waals surface area contributed by atoms with E-state index >= 15 is 0 Å². The van der Waals surface area contributed by atoms with Crippen LogP contribution in [0.3, 0.4) is 0 Å². The summed E-state index contributed by atoms with van der Waals surface area (Å²) in [7, 11) is 0. The van der Waals surface area contributed by atoms with E-state index in [2.05, 4.69) is 17.6 Å². The van der Waals surface area contributed by atoms with Gasteiger partial charge in [-0.1, -0.05) is 36.7 Å². The molecule has 2 aromatic heterocycles. The molecular weight excluding hydrogens is 472 g/mol. The van der Waals surface area contributed by atoms with Gasteiger partial charge in [0, 0.05) is 15.0 Å². The van der Waals surface area contributed by atoms with Crippen molar-refractivity contribution in [3.8, 4) is 0 Å². The number of fused-ring (bicyclic) bond motifs is 2. The quantitative estimate of drug-likeness (QED) is 0.343. The highest BCUT2D eigenvalue weighted by molar-refractivity contribution is 7.80. The molecule has 0 fully saturated rings. The number of halogens is 1. The van der Waals surface area contributed by atoms with Gasteiger partial charge in [-0.05, 0) is 56.0 Å². The lowest BCUT2D eigenvalue weighted by atomic mass is 9.88. The van der Waals surface area contributed by atoms with Gasteiger partial charge in [0.2, 0.25) is 0 Å². The first kappa shape index (κ1) is 22.2. The minimum Gasteiger partial charge on any atom is -0.462 e. The normalized spacial score (nSPS) is 15.4. The smallest absolute Gasteiger partial charge is 0.341 e. The summed E-state index contributed by atoms with van der Waals surface area (Å²) in [6, 6.07) is 7.58. The van der Waals surface area contributed by atoms with E-state index in [1.54, 1.807) is 6.92 Å². The number of amides is 1. The number of hydrogen-bond donors (Lipinski definition) is 2. The Labute approximate surface area is 198 Å². The second kappa shape index (κ2) is 9.24. The highest BCUT2D eigenvalue weighted by Gasteiger charge is 2.29. The van der Waals surface area contributed by atoms with Gasteiger partial charge < -0.3 is 10.1 Å². The van der Waals surface area contributed by atoms with Crippen molar-refractivity contribution in [2.45, 2.75) is 33.1 Å². The van der Waals surface area contributed by atoms with Crippen LogP contribution in [0.4, 0.5) is 5.00 Å². The summed E-state index contributed by atoms with van der Waals surface area (Å²) in [5.74, 6) is -0.175. The molecule has 4 rings (SSSR count). The lowest BCUT2D eigenvalue weighted by molar-refractivity contribution is 0.0526. The Balaban J connectivity index is 1.56. The number of anilines is 1. The molecule has 1 aromatic carbocycles. The van der Waals surface area contributed by atoms with E-state index in [1.807, 2.05) is 24.3 Å². The van der Waals surface area contributed by atoms with E-state index < -0.39 is 0 Å². The maximum absolute atomic E-state index is 12.8. The lowest BCUT2D eigenvalue weighted by Gasteiger charge is -2.18. The number of benzene rings is 1. The molecule has 1 amide bonds. The standard InChI is InChI=1S/C22H21ClN2O3S3/c1-3-28-21(27)16-12-9-8-11(2)10-15(12)31-20(16)25-22(29)24-19(26)18-17(23)13-6-4-5-7-14(13)30-18/h4-7,11H,3,8-10H2,1-2H3,(H2,24,25,26,29)/t11-/m1/s1. The van der Waals surface area contributed by atoms with Gasteiger partial charge >= 0.3 is 5.97 Å². The number of hydrogen-bond acceptors (Lipinski definition) is 6. The number of ether oxygens (including phenoxy) is 1. The molecular formula is C22H21ClN2O3S3. The molecule has 3 aromatic rings. The fourth-order valence-electron chi connectivity index (χ4n) is 3.71. The number of nitrogens with one attached hydrogen (secondary N) is 2. The van der Waals surface area contributed by atoms with Gasteiger partial charge in [-0.3, -0.25) is 10.1 Å². The molecule has 2 heterocycles. The lowest BCUT2D eigenvalue weighted by Crippen LogP contribution is -2.34. The molecule has 0 saturated heterocycles. The fourth-order valence-corrected chi connectivity index (χ4v) is 6.79. The number of rotatable bonds is 4. The molecule has 0 aliphatic heterocycles. The SMILES string of the molecule is CCOC(=O)c1c(NC(=S)NC(=O)c2sc3ccccc3c2Cl)sc2c1CC[C@@H](C)C2. The van der Waals surface area contributed by atoms with Gasteiger partial charge in [0.15, 0.2) is 5.11 Å². The Bertz CT molecular complexity index is 1180. The molecule has 5 nitrogen and oxygen atoms in total. The van der Waals surface area contributed by atoms with Crippen molar-refractivity contribution >= 4 is 78.6 Å². The summed E-state index contributed by atoms with van der Waals surface area (Å²) < 4.78 is 6.21. The van der Waals surface area contributed by atoms with Crippen molar-refractivity contribution in [3.05, 3.63) is 50.2 Å². The van der Waals surface area contributed by atoms with Crippen LogP contribution in [0, 0.1) is 5.92 Å². The van der Waals surface area contributed by atoms with E-state index in [9.17, 15) is 9.59 Å². The molecule has 9 heteroatoms. The van der Waals surface area contributed by atoms with Crippen molar-refractivity contribution < 1.29 is 14.3 Å². The summed E-state index contributed by atoms with van der Waals surface area (Å²) in [4.78, 5) is 27.0. The Hall–Kier alpha value is -2.00. The molecule has 162 valence electrons. The molecule has 0 saturated carbocycles. The van der Waals surface area contributed by atoms with Gasteiger partial charge in [0.25, 0.3) is 5.91 Å². The summed E-state index contributed by atoms with van der Waals surface area (Å²) in [5.41, 5.74) is 1.57. The summed E-state index contributed by atoms with van der Waals surface area (Å²) in [5, 5.41) is 7.73. The molecule has 1 aliphatic carbocycles. The first-order valence-corrected chi connectivity index (χ1v) is 12.4. The van der Waals surface area contributed by atoms with Crippen LogP contribution in [-0.4, -0.2) is 23.6 Å². The Morgan fingerprint density at radius 1 is 1.29 bits per heavy atom. The van der Waals surface area contributed by atoms with Crippen LogP contribution >= 0.6 is 46.5 Å². The van der Waals surface area contributed by atoms with Crippen molar-refractivity contribution in [2.24, 2.45) is 5.92 Å². The Morgan fingerprint density at radius 3 is 2.81 bits per heavy atom. The third-order valence-electron chi connectivity index (χ3n) is 5.19. The topological polar surface area (TPSA) is 67.4 Å². The average molecular weight is 493 g/mol. The summed E-state index contributed by atoms with van der Waals surface area (Å²) in [6.07, 6.45) is 2.78. The monoisotopic (exact) mass is 492 g/mol. The van der Waals surface area contributed by atoms with Gasteiger partial charge in [-0.25, -0.2) is 4.79 Å². The minimum absolute atomic E-state index is 0.121. The van der Waals surface area contributed by atoms with Crippen LogP contribution < -0.4 is 10.6 Å². The predicted octanol–water partition coefficient (Wildman–Crippen LogP) is 6.04. The van der Waals surface area contributed by atoms with Crippen molar-refractivity contribution in [1.29, 1.82) is 0 Å². The van der Waals surface area contributed by atoms with Gasteiger partial charge in [0.1, 0.15) is 9.88 Å². The van der Waals surface area contributed by atoms with Crippen LogP contribution in [-0.2, 0) is 17.6 Å². The third-order valence-corrected chi connectivity index (χ3v) is 8.23. The maximum atomic E-state index is 12.8. The third kappa shape index (κ3) is 4.48.